The Hall–Kier alpha value is -0.800. The first-order chi connectivity index (χ1) is 4.72. The van der Waals surface area contributed by atoms with Crippen LogP contribution in [-0.2, 0) is 0 Å². The highest BCUT2D eigenvalue weighted by molar-refractivity contribution is 5.20. The van der Waals surface area contributed by atoms with Crippen LogP contribution in [0, 0.1) is 0 Å². The van der Waals surface area contributed by atoms with Crippen molar-refractivity contribution in [3.8, 4) is 0 Å². The molecule has 0 bridgehead atoms. The minimum absolute atomic E-state index is 0.0262. The van der Waals surface area contributed by atoms with Gasteiger partial charge < -0.3 is 11.2 Å². The lowest BCUT2D eigenvalue weighted by atomic mass is 10.1. The van der Waals surface area contributed by atoms with E-state index >= 15 is 0 Å². The molecule has 3 heteroatoms. The highest BCUT2D eigenvalue weighted by Gasteiger charge is 1.95. The predicted molar refractivity (Wildman–Crippen MR) is 44.1 cm³/mol. The van der Waals surface area contributed by atoms with Crippen LogP contribution < -0.4 is 16.6 Å². The van der Waals surface area contributed by atoms with Crippen LogP contribution in [0.2, 0.25) is 0 Å². The molecular formula is C7H15N3. The molecule has 0 aromatic rings. The molecule has 0 heterocycles. The molecule has 0 aliphatic heterocycles. The van der Waals surface area contributed by atoms with Gasteiger partial charge in [0.15, 0.2) is 0 Å². The van der Waals surface area contributed by atoms with E-state index in [0.717, 1.165) is 5.57 Å². The van der Waals surface area contributed by atoms with Crippen LogP contribution in [0.1, 0.15) is 6.92 Å². The van der Waals surface area contributed by atoms with Gasteiger partial charge in [-0.15, -0.1) is 0 Å². The van der Waals surface area contributed by atoms with Gasteiger partial charge in [-0.3, -0.25) is 0 Å². The summed E-state index contributed by atoms with van der Waals surface area (Å²) in [4.78, 5) is 0. The van der Waals surface area contributed by atoms with Crippen LogP contribution in [0.4, 0.5) is 0 Å². The van der Waals surface area contributed by atoms with E-state index in [0.29, 0.717) is 0 Å². The standard InChI is InChI=1S/C7H15N3/c1-4-7(6(2)8)5-10-9-3/h4-6,9-10H,1,8H2,2-3H3/b7-5+. The van der Waals surface area contributed by atoms with Crippen molar-refractivity contribution in [1.29, 1.82) is 0 Å². The molecule has 0 radical (unpaired) electrons. The Morgan fingerprint density at radius 3 is 2.60 bits per heavy atom. The van der Waals surface area contributed by atoms with Gasteiger partial charge in [-0.05, 0) is 12.5 Å². The third-order valence-electron chi connectivity index (χ3n) is 1.14. The highest BCUT2D eigenvalue weighted by atomic mass is 15.3. The van der Waals surface area contributed by atoms with E-state index in [1.54, 1.807) is 19.3 Å². The summed E-state index contributed by atoms with van der Waals surface area (Å²) in [7, 11) is 1.79. The molecule has 0 saturated heterocycles. The van der Waals surface area contributed by atoms with Gasteiger partial charge in [0.25, 0.3) is 0 Å². The van der Waals surface area contributed by atoms with Crippen LogP contribution in [0.5, 0.6) is 0 Å². The van der Waals surface area contributed by atoms with Crippen molar-refractivity contribution < 1.29 is 0 Å². The summed E-state index contributed by atoms with van der Waals surface area (Å²) in [5, 5.41) is 0. The molecule has 0 saturated carbocycles. The van der Waals surface area contributed by atoms with E-state index in [1.165, 1.54) is 0 Å². The van der Waals surface area contributed by atoms with Crippen molar-refractivity contribution in [1.82, 2.24) is 10.9 Å². The van der Waals surface area contributed by atoms with Gasteiger partial charge in [0.05, 0.1) is 0 Å². The molecule has 0 amide bonds. The van der Waals surface area contributed by atoms with Crippen LogP contribution in [-0.4, -0.2) is 13.1 Å². The van der Waals surface area contributed by atoms with E-state index in [9.17, 15) is 0 Å². The second kappa shape index (κ2) is 5.02. The third kappa shape index (κ3) is 3.27. The summed E-state index contributed by atoms with van der Waals surface area (Å²) in [5.41, 5.74) is 12.1. The number of nitrogens with one attached hydrogen (secondary N) is 2. The van der Waals surface area contributed by atoms with Gasteiger partial charge in [0.1, 0.15) is 0 Å². The lowest BCUT2D eigenvalue weighted by Gasteiger charge is -2.06. The minimum Gasteiger partial charge on any atom is -0.329 e. The van der Waals surface area contributed by atoms with E-state index in [2.05, 4.69) is 17.4 Å². The van der Waals surface area contributed by atoms with Crippen LogP contribution in [0.15, 0.2) is 24.4 Å². The Morgan fingerprint density at radius 2 is 2.30 bits per heavy atom. The smallest absolute Gasteiger partial charge is 0.0280 e. The predicted octanol–water partition coefficient (Wildman–Crippen LogP) is 0.127. The summed E-state index contributed by atoms with van der Waals surface area (Å²) < 4.78 is 0. The highest BCUT2D eigenvalue weighted by Crippen LogP contribution is 1.96. The summed E-state index contributed by atoms with van der Waals surface area (Å²) in [6.07, 6.45) is 3.52. The molecule has 0 rings (SSSR count). The normalized spacial score (nSPS) is 14.5. The average Bonchev–Trinajstić information content (AvgIpc) is 1.89. The molecule has 3 nitrogen and oxygen atoms in total. The fraction of sp³-hybridized carbons (Fsp3) is 0.429. The van der Waals surface area contributed by atoms with E-state index in [-0.39, 0.29) is 6.04 Å². The first-order valence-electron chi connectivity index (χ1n) is 3.22. The van der Waals surface area contributed by atoms with Gasteiger partial charge in [0.2, 0.25) is 0 Å². The second-order valence-corrected chi connectivity index (χ2v) is 2.03. The molecular weight excluding hydrogens is 126 g/mol. The molecule has 0 aromatic heterocycles. The van der Waals surface area contributed by atoms with E-state index in [4.69, 9.17) is 5.73 Å². The van der Waals surface area contributed by atoms with Gasteiger partial charge in [-0.2, -0.15) is 0 Å². The zero-order valence-electron chi connectivity index (χ0n) is 6.52. The number of hydrogen-bond donors (Lipinski definition) is 3. The van der Waals surface area contributed by atoms with E-state index < -0.39 is 0 Å². The van der Waals surface area contributed by atoms with Crippen molar-refractivity contribution in [2.24, 2.45) is 5.73 Å². The topological polar surface area (TPSA) is 50.1 Å². The Kier molecular flexibility index (Phi) is 4.62. The summed E-state index contributed by atoms with van der Waals surface area (Å²) in [6, 6.07) is 0.0262. The largest absolute Gasteiger partial charge is 0.329 e. The summed E-state index contributed by atoms with van der Waals surface area (Å²) >= 11 is 0. The van der Waals surface area contributed by atoms with Gasteiger partial charge in [-0.1, -0.05) is 12.7 Å². The molecule has 58 valence electrons. The van der Waals surface area contributed by atoms with Gasteiger partial charge in [0, 0.05) is 19.3 Å². The zero-order valence-corrected chi connectivity index (χ0v) is 6.52. The second-order valence-electron chi connectivity index (χ2n) is 2.03. The Bertz CT molecular complexity index is 127. The average molecular weight is 141 g/mol. The van der Waals surface area contributed by atoms with Crippen molar-refractivity contribution >= 4 is 0 Å². The van der Waals surface area contributed by atoms with Crippen LogP contribution >= 0.6 is 0 Å². The summed E-state index contributed by atoms with van der Waals surface area (Å²) in [6.45, 7) is 5.53. The molecule has 0 aromatic carbocycles. The molecule has 0 spiro atoms. The third-order valence-corrected chi connectivity index (χ3v) is 1.14. The van der Waals surface area contributed by atoms with E-state index in [1.807, 2.05) is 6.92 Å². The zero-order chi connectivity index (χ0) is 7.98. The van der Waals surface area contributed by atoms with Crippen molar-refractivity contribution in [2.45, 2.75) is 13.0 Å². The Morgan fingerprint density at radius 1 is 1.70 bits per heavy atom. The van der Waals surface area contributed by atoms with Crippen molar-refractivity contribution in [2.75, 3.05) is 7.05 Å². The Balaban J connectivity index is 3.91. The fourth-order valence-corrected chi connectivity index (χ4v) is 0.532. The van der Waals surface area contributed by atoms with Crippen LogP contribution in [0.3, 0.4) is 0 Å². The first-order valence-corrected chi connectivity index (χ1v) is 3.22. The van der Waals surface area contributed by atoms with Gasteiger partial charge >= 0.3 is 0 Å². The molecule has 10 heavy (non-hydrogen) atoms. The van der Waals surface area contributed by atoms with Crippen LogP contribution in [0.25, 0.3) is 0 Å². The number of rotatable bonds is 4. The lowest BCUT2D eigenvalue weighted by Crippen LogP contribution is -2.25. The maximum Gasteiger partial charge on any atom is 0.0280 e. The quantitative estimate of drug-likeness (QED) is 0.385. The molecule has 1 unspecified atom stereocenters. The number of hydrogen-bond acceptors (Lipinski definition) is 3. The fourth-order valence-electron chi connectivity index (χ4n) is 0.532. The number of nitrogens with two attached hydrogens (primary N) is 1. The van der Waals surface area contributed by atoms with Crippen molar-refractivity contribution in [3.63, 3.8) is 0 Å². The molecule has 0 aliphatic carbocycles. The SMILES string of the molecule is C=C/C(=C\NNC)C(C)N. The van der Waals surface area contributed by atoms with Gasteiger partial charge in [-0.25, -0.2) is 5.43 Å². The lowest BCUT2D eigenvalue weighted by molar-refractivity contribution is 0.717. The minimum atomic E-state index is 0.0262. The Labute approximate surface area is 62.0 Å². The molecule has 1 atom stereocenters. The summed E-state index contributed by atoms with van der Waals surface area (Å²) in [5.74, 6) is 0. The molecule has 0 aliphatic rings. The monoisotopic (exact) mass is 141 g/mol. The molecule has 0 fully saturated rings. The first kappa shape index (κ1) is 9.20. The van der Waals surface area contributed by atoms with Crippen molar-refractivity contribution in [3.05, 3.63) is 24.4 Å². The molecule has 4 N–H and O–H groups in total. The maximum absolute atomic E-state index is 5.58. The maximum atomic E-state index is 5.58. The number of hydrazine groups is 1.